The van der Waals surface area contributed by atoms with E-state index in [-0.39, 0.29) is 5.91 Å². The molecule has 0 bridgehead atoms. The van der Waals surface area contributed by atoms with Gasteiger partial charge in [-0.2, -0.15) is 0 Å². The average Bonchev–Trinajstić information content (AvgIpc) is 2.36. The lowest BCUT2D eigenvalue weighted by Gasteiger charge is -2.13. The number of hydrogen-bond acceptors (Lipinski definition) is 2. The molecule has 2 aromatic carbocycles. The zero-order chi connectivity index (χ0) is 14.0. The minimum atomic E-state index is -0.159. The van der Waals surface area contributed by atoms with Gasteiger partial charge in [-0.25, -0.2) is 0 Å². The number of anilines is 2. The van der Waals surface area contributed by atoms with E-state index < -0.39 is 0 Å². The van der Waals surface area contributed by atoms with Crippen molar-refractivity contribution in [1.29, 1.82) is 0 Å². The summed E-state index contributed by atoms with van der Waals surface area (Å²) in [6, 6.07) is 12.3. The smallest absolute Gasteiger partial charge is 0.221 e. The van der Waals surface area contributed by atoms with Crippen molar-refractivity contribution in [2.45, 2.75) is 13.8 Å². The number of nitrogen functional groups attached to an aromatic ring is 1. The molecular weight excluding hydrogens is 260 g/mol. The SMILES string of the molecule is CC(=O)Nc1c(C)[c]cc(-c2ccc(N)cc2)c1Cl. The summed E-state index contributed by atoms with van der Waals surface area (Å²) in [7, 11) is 0. The lowest BCUT2D eigenvalue weighted by molar-refractivity contribution is -0.114. The molecule has 0 atom stereocenters. The van der Waals surface area contributed by atoms with Gasteiger partial charge < -0.3 is 11.1 Å². The van der Waals surface area contributed by atoms with Gasteiger partial charge in [0, 0.05) is 18.2 Å². The average molecular weight is 274 g/mol. The van der Waals surface area contributed by atoms with Crippen LogP contribution in [0.3, 0.4) is 0 Å². The van der Waals surface area contributed by atoms with E-state index in [1.54, 1.807) is 0 Å². The highest BCUT2D eigenvalue weighted by Gasteiger charge is 2.12. The second-order valence-corrected chi connectivity index (χ2v) is 4.70. The van der Waals surface area contributed by atoms with E-state index in [4.69, 9.17) is 17.3 Å². The molecule has 0 spiro atoms. The fourth-order valence-corrected chi connectivity index (χ4v) is 2.17. The van der Waals surface area contributed by atoms with Gasteiger partial charge in [0.05, 0.1) is 10.7 Å². The fourth-order valence-electron chi connectivity index (χ4n) is 1.81. The minimum Gasteiger partial charge on any atom is -0.399 e. The normalized spacial score (nSPS) is 10.3. The number of nitrogens with one attached hydrogen (secondary N) is 1. The number of carbonyl (C=O) groups is 1. The molecule has 4 heteroatoms. The number of hydrogen-bond donors (Lipinski definition) is 2. The van der Waals surface area contributed by atoms with Crippen molar-refractivity contribution in [2.75, 3.05) is 11.1 Å². The molecule has 2 rings (SSSR count). The van der Waals surface area contributed by atoms with E-state index in [0.29, 0.717) is 16.4 Å². The largest absolute Gasteiger partial charge is 0.399 e. The number of amides is 1. The molecule has 0 saturated carbocycles. The van der Waals surface area contributed by atoms with Gasteiger partial charge in [0.1, 0.15) is 0 Å². The molecule has 19 heavy (non-hydrogen) atoms. The molecule has 0 saturated heterocycles. The molecule has 0 aliphatic heterocycles. The van der Waals surface area contributed by atoms with E-state index in [1.165, 1.54) is 6.92 Å². The Kier molecular flexibility index (Phi) is 3.76. The monoisotopic (exact) mass is 273 g/mol. The maximum Gasteiger partial charge on any atom is 0.221 e. The van der Waals surface area contributed by atoms with Crippen molar-refractivity contribution < 1.29 is 4.79 Å². The van der Waals surface area contributed by atoms with Gasteiger partial charge in [-0.3, -0.25) is 4.79 Å². The maximum absolute atomic E-state index is 11.2. The highest BCUT2D eigenvalue weighted by atomic mass is 35.5. The third kappa shape index (κ3) is 2.88. The first-order chi connectivity index (χ1) is 8.99. The Labute approximate surface area is 117 Å². The molecular formula is C15H14ClN2O. The van der Waals surface area contributed by atoms with Gasteiger partial charge in [-0.1, -0.05) is 23.7 Å². The summed E-state index contributed by atoms with van der Waals surface area (Å²) >= 11 is 6.37. The van der Waals surface area contributed by atoms with Crippen LogP contribution in [0.5, 0.6) is 0 Å². The molecule has 0 aromatic heterocycles. The number of rotatable bonds is 2. The van der Waals surface area contributed by atoms with Gasteiger partial charge in [-0.05, 0) is 42.3 Å². The Morgan fingerprint density at radius 2 is 1.95 bits per heavy atom. The van der Waals surface area contributed by atoms with Crippen molar-refractivity contribution in [3.05, 3.63) is 47.0 Å². The minimum absolute atomic E-state index is 0.159. The van der Waals surface area contributed by atoms with E-state index in [1.807, 2.05) is 37.3 Å². The zero-order valence-corrected chi connectivity index (χ0v) is 11.5. The van der Waals surface area contributed by atoms with Crippen LogP contribution in [-0.4, -0.2) is 5.91 Å². The lowest BCUT2D eigenvalue weighted by Crippen LogP contribution is -2.08. The van der Waals surface area contributed by atoms with Crippen LogP contribution < -0.4 is 11.1 Å². The van der Waals surface area contributed by atoms with Crippen molar-refractivity contribution in [2.24, 2.45) is 0 Å². The van der Waals surface area contributed by atoms with Crippen LogP contribution in [0.25, 0.3) is 11.1 Å². The summed E-state index contributed by atoms with van der Waals surface area (Å²) in [5.41, 5.74) is 9.51. The molecule has 0 aliphatic carbocycles. The Hall–Kier alpha value is -2.00. The van der Waals surface area contributed by atoms with E-state index in [0.717, 1.165) is 16.7 Å². The second kappa shape index (κ2) is 5.33. The van der Waals surface area contributed by atoms with E-state index in [9.17, 15) is 4.79 Å². The van der Waals surface area contributed by atoms with Crippen molar-refractivity contribution >= 4 is 28.9 Å². The summed E-state index contributed by atoms with van der Waals surface area (Å²) in [4.78, 5) is 11.2. The van der Waals surface area contributed by atoms with Crippen LogP contribution in [0.4, 0.5) is 11.4 Å². The summed E-state index contributed by atoms with van der Waals surface area (Å²) in [5, 5.41) is 3.25. The van der Waals surface area contributed by atoms with Crippen molar-refractivity contribution in [3.63, 3.8) is 0 Å². The van der Waals surface area contributed by atoms with E-state index in [2.05, 4.69) is 11.4 Å². The fraction of sp³-hybridized carbons (Fsp3) is 0.133. The molecule has 3 nitrogen and oxygen atoms in total. The van der Waals surface area contributed by atoms with Crippen LogP contribution in [-0.2, 0) is 4.79 Å². The Bertz CT molecular complexity index is 621. The Morgan fingerprint density at radius 1 is 1.32 bits per heavy atom. The first-order valence-electron chi connectivity index (χ1n) is 5.83. The van der Waals surface area contributed by atoms with Crippen LogP contribution >= 0.6 is 11.6 Å². The number of aryl methyl sites for hydroxylation is 1. The second-order valence-electron chi connectivity index (χ2n) is 4.32. The number of halogens is 1. The topological polar surface area (TPSA) is 55.1 Å². The highest BCUT2D eigenvalue weighted by molar-refractivity contribution is 6.36. The number of carbonyl (C=O) groups excluding carboxylic acids is 1. The number of nitrogens with two attached hydrogens (primary N) is 1. The summed E-state index contributed by atoms with van der Waals surface area (Å²) in [6.45, 7) is 3.30. The molecule has 3 N–H and O–H groups in total. The standard InChI is InChI=1S/C15H14ClN2O/c1-9-3-8-13(11-4-6-12(17)7-5-11)14(16)15(9)18-10(2)19/h4-8H,17H2,1-2H3,(H,18,19). The van der Waals surface area contributed by atoms with Gasteiger partial charge >= 0.3 is 0 Å². The molecule has 0 aliphatic rings. The van der Waals surface area contributed by atoms with Gasteiger partial charge in [-0.15, -0.1) is 0 Å². The predicted octanol–water partition coefficient (Wildman–Crippen LogP) is 3.66. The maximum atomic E-state index is 11.2. The lowest BCUT2D eigenvalue weighted by atomic mass is 10.0. The molecule has 0 unspecified atom stereocenters. The Morgan fingerprint density at radius 3 is 2.53 bits per heavy atom. The molecule has 0 heterocycles. The van der Waals surface area contributed by atoms with Crippen LogP contribution in [0, 0.1) is 13.0 Å². The van der Waals surface area contributed by atoms with Gasteiger partial charge in [0.25, 0.3) is 0 Å². The van der Waals surface area contributed by atoms with Gasteiger partial charge in [0.15, 0.2) is 0 Å². The van der Waals surface area contributed by atoms with Crippen LogP contribution in [0.15, 0.2) is 30.3 Å². The third-order valence-electron chi connectivity index (χ3n) is 2.79. The molecule has 97 valence electrons. The molecule has 1 radical (unpaired) electrons. The predicted molar refractivity (Wildman–Crippen MR) is 79.2 cm³/mol. The van der Waals surface area contributed by atoms with Crippen LogP contribution in [0.1, 0.15) is 12.5 Å². The van der Waals surface area contributed by atoms with E-state index >= 15 is 0 Å². The van der Waals surface area contributed by atoms with Crippen LogP contribution in [0.2, 0.25) is 5.02 Å². The first kappa shape index (κ1) is 13.4. The molecule has 1 amide bonds. The zero-order valence-electron chi connectivity index (χ0n) is 10.8. The summed E-state index contributed by atoms with van der Waals surface area (Å²) in [6.07, 6.45) is 0. The first-order valence-corrected chi connectivity index (χ1v) is 6.21. The van der Waals surface area contributed by atoms with Gasteiger partial charge in [0.2, 0.25) is 5.91 Å². The van der Waals surface area contributed by atoms with Crippen molar-refractivity contribution in [1.82, 2.24) is 0 Å². The summed E-state index contributed by atoms with van der Waals surface area (Å²) in [5.74, 6) is -0.159. The van der Waals surface area contributed by atoms with Crippen molar-refractivity contribution in [3.8, 4) is 11.1 Å². The highest BCUT2D eigenvalue weighted by Crippen LogP contribution is 2.36. The molecule has 0 fully saturated rings. The third-order valence-corrected chi connectivity index (χ3v) is 3.18. The molecule has 2 aromatic rings. The number of benzene rings is 2. The summed E-state index contributed by atoms with van der Waals surface area (Å²) < 4.78 is 0. The quantitative estimate of drug-likeness (QED) is 0.821. The Balaban J connectivity index is 2.53.